The number of carbonyl (C=O) groups is 1. The molecule has 1 aliphatic heterocycles. The molecule has 3 heterocycles. The zero-order valence-corrected chi connectivity index (χ0v) is 11.8. The molecule has 104 valence electrons. The van der Waals surface area contributed by atoms with Crippen molar-refractivity contribution >= 4 is 21.9 Å². The number of pyridine rings is 1. The van der Waals surface area contributed by atoms with Crippen LogP contribution < -0.4 is 0 Å². The molecular weight excluding hydrogens is 330 g/mol. The molecule has 2 aromatic heterocycles. The largest absolute Gasteiger partial charge is 0.479 e. The molecule has 0 aliphatic carbocycles. The van der Waals surface area contributed by atoms with Crippen molar-refractivity contribution < 1.29 is 19.2 Å². The number of carboxylic acid groups (broad SMARTS) is 1. The number of hydrogen-bond acceptors (Lipinski definition) is 6. The predicted molar refractivity (Wildman–Crippen MR) is 69.7 cm³/mol. The Balaban J connectivity index is 1.77. The third kappa shape index (κ3) is 2.56. The summed E-state index contributed by atoms with van der Waals surface area (Å²) in [5, 5.41) is 12.7. The van der Waals surface area contributed by atoms with Crippen molar-refractivity contribution in [1.29, 1.82) is 0 Å². The molecule has 1 fully saturated rings. The fourth-order valence-electron chi connectivity index (χ4n) is 1.98. The smallest absolute Gasteiger partial charge is 0.332 e. The molecule has 0 bridgehead atoms. The molecule has 3 rings (SSSR count). The van der Waals surface area contributed by atoms with E-state index in [0.29, 0.717) is 24.4 Å². The lowest BCUT2D eigenvalue weighted by Gasteiger charge is -2.05. The van der Waals surface area contributed by atoms with Crippen LogP contribution in [0.25, 0.3) is 11.5 Å². The summed E-state index contributed by atoms with van der Waals surface area (Å²) in [6.07, 6.45) is 1.35. The van der Waals surface area contributed by atoms with E-state index in [4.69, 9.17) is 14.4 Å². The maximum atomic E-state index is 10.8. The van der Waals surface area contributed by atoms with Crippen molar-refractivity contribution in [3.63, 3.8) is 0 Å². The lowest BCUT2D eigenvalue weighted by Crippen LogP contribution is -2.18. The maximum absolute atomic E-state index is 10.8. The Morgan fingerprint density at radius 3 is 2.90 bits per heavy atom. The molecule has 8 heteroatoms. The van der Waals surface area contributed by atoms with Gasteiger partial charge < -0.3 is 14.4 Å². The number of carboxylic acids is 1. The van der Waals surface area contributed by atoms with Crippen LogP contribution in [0.15, 0.2) is 27.3 Å². The van der Waals surface area contributed by atoms with Crippen LogP contribution in [0, 0.1) is 0 Å². The topological polar surface area (TPSA) is 98.3 Å². The Morgan fingerprint density at radius 2 is 2.25 bits per heavy atom. The Labute approximate surface area is 122 Å². The summed E-state index contributed by atoms with van der Waals surface area (Å²) in [6, 6.07) is 3.58. The monoisotopic (exact) mass is 339 g/mol. The van der Waals surface area contributed by atoms with E-state index in [1.807, 2.05) is 6.07 Å². The zero-order valence-electron chi connectivity index (χ0n) is 10.2. The molecule has 1 N–H and O–H groups in total. The number of aliphatic carboxylic acids is 1. The quantitative estimate of drug-likeness (QED) is 0.914. The van der Waals surface area contributed by atoms with Gasteiger partial charge in [0.1, 0.15) is 11.8 Å². The molecule has 0 spiro atoms. The van der Waals surface area contributed by atoms with E-state index in [1.54, 1.807) is 12.3 Å². The van der Waals surface area contributed by atoms with Gasteiger partial charge in [0.15, 0.2) is 6.10 Å². The number of halogens is 1. The second-order valence-electron chi connectivity index (χ2n) is 4.35. The van der Waals surface area contributed by atoms with Crippen molar-refractivity contribution in [2.24, 2.45) is 0 Å². The normalized spacial score (nSPS) is 22.1. The van der Waals surface area contributed by atoms with E-state index in [1.165, 1.54) is 0 Å². The Hall–Kier alpha value is -1.80. The molecule has 2 unspecified atom stereocenters. The number of hydrogen-bond donors (Lipinski definition) is 1. The lowest BCUT2D eigenvalue weighted by atomic mass is 10.2. The molecular formula is C12H10BrN3O4. The first-order valence-corrected chi connectivity index (χ1v) is 6.76. The van der Waals surface area contributed by atoms with Crippen LogP contribution in [0.3, 0.4) is 0 Å². The van der Waals surface area contributed by atoms with Gasteiger partial charge >= 0.3 is 5.97 Å². The highest BCUT2D eigenvalue weighted by Crippen LogP contribution is 2.32. The lowest BCUT2D eigenvalue weighted by molar-refractivity contribution is -0.150. The fourth-order valence-corrected chi connectivity index (χ4v) is 2.21. The Kier molecular flexibility index (Phi) is 3.49. The van der Waals surface area contributed by atoms with Crippen LogP contribution in [0.2, 0.25) is 0 Å². The highest BCUT2D eigenvalue weighted by molar-refractivity contribution is 9.10. The van der Waals surface area contributed by atoms with Gasteiger partial charge in [0.05, 0.1) is 0 Å². The molecule has 0 amide bonds. The van der Waals surface area contributed by atoms with Crippen molar-refractivity contribution in [2.75, 3.05) is 0 Å². The Bertz CT molecular complexity index is 628. The summed E-state index contributed by atoms with van der Waals surface area (Å²) in [6.45, 7) is 0. The summed E-state index contributed by atoms with van der Waals surface area (Å²) in [4.78, 5) is 19.2. The van der Waals surface area contributed by atoms with Gasteiger partial charge in [0.2, 0.25) is 5.82 Å². The molecule has 0 aromatic carbocycles. The van der Waals surface area contributed by atoms with E-state index >= 15 is 0 Å². The average molecular weight is 340 g/mol. The van der Waals surface area contributed by atoms with Crippen molar-refractivity contribution in [3.05, 3.63) is 28.7 Å². The SMILES string of the molecule is O=C(O)C1CCC(c2nc(-c3ccc(Br)cn3)no2)O1. The molecule has 2 atom stereocenters. The van der Waals surface area contributed by atoms with Gasteiger partial charge in [-0.1, -0.05) is 5.16 Å². The first-order valence-electron chi connectivity index (χ1n) is 5.97. The van der Waals surface area contributed by atoms with Gasteiger partial charge in [0.25, 0.3) is 5.89 Å². The van der Waals surface area contributed by atoms with Gasteiger partial charge in [-0.2, -0.15) is 4.98 Å². The molecule has 1 saturated heterocycles. The van der Waals surface area contributed by atoms with E-state index in [9.17, 15) is 4.79 Å². The average Bonchev–Trinajstić information content (AvgIpc) is 3.08. The molecule has 2 aromatic rings. The molecule has 0 radical (unpaired) electrons. The first kappa shape index (κ1) is 13.2. The maximum Gasteiger partial charge on any atom is 0.332 e. The van der Waals surface area contributed by atoms with Crippen LogP contribution in [0.1, 0.15) is 24.8 Å². The van der Waals surface area contributed by atoms with Gasteiger partial charge in [-0.3, -0.25) is 4.98 Å². The van der Waals surface area contributed by atoms with Crippen LogP contribution in [-0.4, -0.2) is 32.3 Å². The highest BCUT2D eigenvalue weighted by atomic mass is 79.9. The number of rotatable bonds is 3. The van der Waals surface area contributed by atoms with E-state index < -0.39 is 18.2 Å². The highest BCUT2D eigenvalue weighted by Gasteiger charge is 2.34. The predicted octanol–water partition coefficient (Wildman–Crippen LogP) is 2.20. The van der Waals surface area contributed by atoms with Gasteiger partial charge in [0, 0.05) is 10.7 Å². The molecule has 0 saturated carbocycles. The van der Waals surface area contributed by atoms with Crippen molar-refractivity contribution in [1.82, 2.24) is 15.1 Å². The van der Waals surface area contributed by atoms with Crippen molar-refractivity contribution in [2.45, 2.75) is 25.0 Å². The second kappa shape index (κ2) is 5.29. The van der Waals surface area contributed by atoms with Crippen LogP contribution in [-0.2, 0) is 9.53 Å². The minimum absolute atomic E-state index is 0.286. The minimum atomic E-state index is -0.971. The summed E-state index contributed by atoms with van der Waals surface area (Å²) in [5.74, 6) is -0.329. The molecule has 7 nitrogen and oxygen atoms in total. The van der Waals surface area contributed by atoms with E-state index in [2.05, 4.69) is 31.1 Å². The fraction of sp³-hybridized carbons (Fsp3) is 0.333. The third-order valence-corrected chi connectivity index (χ3v) is 3.44. The first-order chi connectivity index (χ1) is 9.63. The third-order valence-electron chi connectivity index (χ3n) is 2.97. The summed E-state index contributed by atoms with van der Waals surface area (Å²) >= 11 is 3.29. The van der Waals surface area contributed by atoms with E-state index in [-0.39, 0.29) is 5.89 Å². The van der Waals surface area contributed by atoms with Gasteiger partial charge in [-0.25, -0.2) is 4.79 Å². The zero-order chi connectivity index (χ0) is 14.1. The minimum Gasteiger partial charge on any atom is -0.479 e. The van der Waals surface area contributed by atoms with Gasteiger partial charge in [-0.05, 0) is 40.9 Å². The summed E-state index contributed by atoms with van der Waals surface area (Å²) in [5.41, 5.74) is 0.580. The second-order valence-corrected chi connectivity index (χ2v) is 5.26. The Morgan fingerprint density at radius 1 is 1.40 bits per heavy atom. The summed E-state index contributed by atoms with van der Waals surface area (Å²) < 4.78 is 11.3. The number of aromatic nitrogens is 3. The van der Waals surface area contributed by atoms with Crippen molar-refractivity contribution in [3.8, 4) is 11.5 Å². The number of nitrogens with zero attached hydrogens (tertiary/aromatic N) is 3. The van der Waals surface area contributed by atoms with Crippen LogP contribution in [0.5, 0.6) is 0 Å². The number of ether oxygens (including phenoxy) is 1. The van der Waals surface area contributed by atoms with Crippen LogP contribution in [0.4, 0.5) is 0 Å². The van der Waals surface area contributed by atoms with E-state index in [0.717, 1.165) is 4.47 Å². The molecule has 20 heavy (non-hydrogen) atoms. The molecule has 1 aliphatic rings. The summed E-state index contributed by atoms with van der Waals surface area (Å²) in [7, 11) is 0. The van der Waals surface area contributed by atoms with Crippen LogP contribution >= 0.6 is 15.9 Å². The standard InChI is InChI=1S/C12H10BrN3O4/c13-6-1-2-7(14-5-6)10-15-11(20-16-10)8-3-4-9(19-8)12(17)18/h1-2,5,8-9H,3-4H2,(H,17,18). The van der Waals surface area contributed by atoms with Gasteiger partial charge in [-0.15, -0.1) is 0 Å².